The van der Waals surface area contributed by atoms with Crippen molar-refractivity contribution in [3.63, 3.8) is 0 Å². The molecule has 0 fully saturated rings. The fraction of sp³-hybridized carbons (Fsp3) is 0.0952. The molecule has 0 N–H and O–H groups in total. The zero-order chi connectivity index (χ0) is 14.9. The molecule has 3 aromatic carbocycles. The van der Waals surface area contributed by atoms with E-state index in [1.165, 1.54) is 32.7 Å². The molecule has 22 heavy (non-hydrogen) atoms. The van der Waals surface area contributed by atoms with Gasteiger partial charge < -0.3 is 0 Å². The quantitative estimate of drug-likeness (QED) is 0.487. The molecule has 1 nitrogen and oxygen atoms in total. The highest BCUT2D eigenvalue weighted by atomic mass is 14.7. The van der Waals surface area contributed by atoms with E-state index in [2.05, 4.69) is 73.7 Å². The molecule has 1 aromatic heterocycles. The Kier molecular flexibility index (Phi) is 3.12. The van der Waals surface area contributed by atoms with Gasteiger partial charge in [-0.2, -0.15) is 0 Å². The van der Waals surface area contributed by atoms with Gasteiger partial charge in [0, 0.05) is 18.0 Å². The molecule has 4 aromatic rings. The molecule has 0 amide bonds. The van der Waals surface area contributed by atoms with Gasteiger partial charge in [-0.05, 0) is 34.2 Å². The van der Waals surface area contributed by atoms with Crippen LogP contribution in [0.1, 0.15) is 16.8 Å². The molecule has 0 saturated heterocycles. The van der Waals surface area contributed by atoms with Gasteiger partial charge in [0.25, 0.3) is 0 Å². The Balaban J connectivity index is 1.88. The first kappa shape index (κ1) is 13.0. The molecule has 0 aliphatic rings. The molecule has 0 unspecified atom stereocenters. The summed E-state index contributed by atoms with van der Waals surface area (Å²) in [5.41, 5.74) is 3.72. The van der Waals surface area contributed by atoms with Crippen LogP contribution >= 0.6 is 0 Å². The van der Waals surface area contributed by atoms with Crippen molar-refractivity contribution in [3.05, 3.63) is 89.7 Å². The SMILES string of the molecule is Cc1cnc(Cc2cccc3ccccc23)c2ccccc12. The van der Waals surface area contributed by atoms with E-state index in [0.717, 1.165) is 12.1 Å². The molecule has 0 saturated carbocycles. The van der Waals surface area contributed by atoms with E-state index in [9.17, 15) is 0 Å². The van der Waals surface area contributed by atoms with Gasteiger partial charge in [0.1, 0.15) is 0 Å². The van der Waals surface area contributed by atoms with Crippen LogP contribution in [0.5, 0.6) is 0 Å². The van der Waals surface area contributed by atoms with Gasteiger partial charge in [-0.15, -0.1) is 0 Å². The minimum absolute atomic E-state index is 0.863. The van der Waals surface area contributed by atoms with E-state index >= 15 is 0 Å². The van der Waals surface area contributed by atoms with Crippen LogP contribution in [-0.4, -0.2) is 4.98 Å². The van der Waals surface area contributed by atoms with Crippen molar-refractivity contribution in [2.24, 2.45) is 0 Å². The summed E-state index contributed by atoms with van der Waals surface area (Å²) in [7, 11) is 0. The lowest BCUT2D eigenvalue weighted by Crippen LogP contribution is -1.96. The Bertz CT molecular complexity index is 964. The van der Waals surface area contributed by atoms with Crippen molar-refractivity contribution in [1.29, 1.82) is 0 Å². The Hall–Kier alpha value is -2.67. The van der Waals surface area contributed by atoms with Crippen LogP contribution in [-0.2, 0) is 6.42 Å². The van der Waals surface area contributed by atoms with Crippen LogP contribution in [0, 0.1) is 6.92 Å². The van der Waals surface area contributed by atoms with Gasteiger partial charge in [0.2, 0.25) is 0 Å². The highest BCUT2D eigenvalue weighted by molar-refractivity contribution is 5.89. The zero-order valence-electron chi connectivity index (χ0n) is 12.6. The van der Waals surface area contributed by atoms with E-state index in [-0.39, 0.29) is 0 Å². The van der Waals surface area contributed by atoms with Crippen molar-refractivity contribution in [2.75, 3.05) is 0 Å². The Morgan fingerprint density at radius 2 is 1.41 bits per heavy atom. The molecular formula is C21H17N. The van der Waals surface area contributed by atoms with Crippen molar-refractivity contribution in [1.82, 2.24) is 4.98 Å². The largest absolute Gasteiger partial charge is 0.260 e. The lowest BCUT2D eigenvalue weighted by Gasteiger charge is -2.10. The number of aromatic nitrogens is 1. The third-order valence-corrected chi connectivity index (χ3v) is 4.31. The fourth-order valence-corrected chi connectivity index (χ4v) is 3.16. The molecule has 0 aliphatic heterocycles. The zero-order valence-corrected chi connectivity index (χ0v) is 12.6. The van der Waals surface area contributed by atoms with Gasteiger partial charge in [-0.3, -0.25) is 4.98 Å². The van der Waals surface area contributed by atoms with E-state index in [0.29, 0.717) is 0 Å². The third-order valence-electron chi connectivity index (χ3n) is 4.31. The standard InChI is InChI=1S/C21H17N/c1-15-14-22-21(20-12-5-4-10-18(15)20)13-17-9-6-8-16-7-2-3-11-19(16)17/h2-12,14H,13H2,1H3. The number of fused-ring (bicyclic) bond motifs is 2. The first-order valence-corrected chi connectivity index (χ1v) is 7.63. The smallest absolute Gasteiger partial charge is 0.0526 e. The molecule has 0 spiro atoms. The summed E-state index contributed by atoms with van der Waals surface area (Å²) in [6.07, 6.45) is 2.85. The van der Waals surface area contributed by atoms with Gasteiger partial charge in [-0.1, -0.05) is 66.7 Å². The average Bonchev–Trinajstić information content (AvgIpc) is 2.58. The summed E-state index contributed by atoms with van der Waals surface area (Å²) in [6, 6.07) is 23.6. The van der Waals surface area contributed by atoms with E-state index < -0.39 is 0 Å². The summed E-state index contributed by atoms with van der Waals surface area (Å²) in [5, 5.41) is 5.16. The second-order valence-corrected chi connectivity index (χ2v) is 5.75. The number of rotatable bonds is 2. The molecule has 1 heterocycles. The number of benzene rings is 3. The third kappa shape index (κ3) is 2.15. The summed E-state index contributed by atoms with van der Waals surface area (Å²) in [4.78, 5) is 4.71. The number of nitrogens with zero attached hydrogens (tertiary/aromatic N) is 1. The van der Waals surface area contributed by atoms with Gasteiger partial charge in [-0.25, -0.2) is 0 Å². The Morgan fingerprint density at radius 1 is 0.727 bits per heavy atom. The maximum atomic E-state index is 4.71. The number of hydrogen-bond acceptors (Lipinski definition) is 1. The van der Waals surface area contributed by atoms with Crippen molar-refractivity contribution in [2.45, 2.75) is 13.3 Å². The first-order chi connectivity index (χ1) is 10.8. The number of pyridine rings is 1. The van der Waals surface area contributed by atoms with Crippen LogP contribution in [0.4, 0.5) is 0 Å². The summed E-state index contributed by atoms with van der Waals surface area (Å²) >= 11 is 0. The second kappa shape index (κ2) is 5.27. The molecule has 0 radical (unpaired) electrons. The lowest BCUT2D eigenvalue weighted by atomic mass is 9.97. The Labute approximate surface area is 130 Å². The molecule has 0 atom stereocenters. The second-order valence-electron chi connectivity index (χ2n) is 5.75. The molecule has 106 valence electrons. The minimum Gasteiger partial charge on any atom is -0.260 e. The summed E-state index contributed by atoms with van der Waals surface area (Å²) in [5.74, 6) is 0. The van der Waals surface area contributed by atoms with E-state index in [1.54, 1.807) is 0 Å². The average molecular weight is 283 g/mol. The van der Waals surface area contributed by atoms with Crippen molar-refractivity contribution in [3.8, 4) is 0 Å². The fourth-order valence-electron chi connectivity index (χ4n) is 3.16. The predicted octanol–water partition coefficient (Wildman–Crippen LogP) is 5.29. The van der Waals surface area contributed by atoms with Crippen LogP contribution in [0.3, 0.4) is 0 Å². The molecule has 1 heteroatoms. The number of aryl methyl sites for hydroxylation is 1. The van der Waals surface area contributed by atoms with Crippen molar-refractivity contribution < 1.29 is 0 Å². The normalized spacial score (nSPS) is 11.1. The van der Waals surface area contributed by atoms with Crippen LogP contribution in [0.25, 0.3) is 21.5 Å². The monoisotopic (exact) mass is 283 g/mol. The molecular weight excluding hydrogens is 266 g/mol. The molecule has 0 aliphatic carbocycles. The highest BCUT2D eigenvalue weighted by Gasteiger charge is 2.07. The predicted molar refractivity (Wildman–Crippen MR) is 93.2 cm³/mol. The van der Waals surface area contributed by atoms with Crippen LogP contribution in [0.2, 0.25) is 0 Å². The molecule has 4 rings (SSSR count). The van der Waals surface area contributed by atoms with Crippen molar-refractivity contribution >= 4 is 21.5 Å². The van der Waals surface area contributed by atoms with Crippen LogP contribution in [0.15, 0.2) is 72.9 Å². The molecule has 0 bridgehead atoms. The van der Waals surface area contributed by atoms with E-state index in [4.69, 9.17) is 4.98 Å². The Morgan fingerprint density at radius 3 is 2.27 bits per heavy atom. The summed E-state index contributed by atoms with van der Waals surface area (Å²) < 4.78 is 0. The number of hydrogen-bond donors (Lipinski definition) is 0. The maximum Gasteiger partial charge on any atom is 0.0526 e. The maximum absolute atomic E-state index is 4.71. The summed E-state index contributed by atoms with van der Waals surface area (Å²) in [6.45, 7) is 2.12. The topological polar surface area (TPSA) is 12.9 Å². The van der Waals surface area contributed by atoms with E-state index in [1.807, 2.05) is 6.20 Å². The first-order valence-electron chi connectivity index (χ1n) is 7.63. The van der Waals surface area contributed by atoms with Gasteiger partial charge in [0.15, 0.2) is 0 Å². The highest BCUT2D eigenvalue weighted by Crippen LogP contribution is 2.25. The lowest BCUT2D eigenvalue weighted by molar-refractivity contribution is 1.10. The minimum atomic E-state index is 0.863. The van der Waals surface area contributed by atoms with Crippen LogP contribution < -0.4 is 0 Å². The van der Waals surface area contributed by atoms with Gasteiger partial charge >= 0.3 is 0 Å². The van der Waals surface area contributed by atoms with Gasteiger partial charge in [0.05, 0.1) is 5.69 Å².